The summed E-state index contributed by atoms with van der Waals surface area (Å²) in [5.74, 6) is 2.19. The van der Waals surface area contributed by atoms with Gasteiger partial charge in [-0.05, 0) is 39.2 Å². The van der Waals surface area contributed by atoms with E-state index in [0.29, 0.717) is 17.5 Å². The Kier molecular flexibility index (Phi) is 4.80. The molecule has 0 saturated carbocycles. The summed E-state index contributed by atoms with van der Waals surface area (Å²) < 4.78 is 7.25. The third-order valence-electron chi connectivity index (χ3n) is 4.15. The maximum atomic E-state index is 12.6. The van der Waals surface area contributed by atoms with Gasteiger partial charge in [-0.1, -0.05) is 11.8 Å². The topological polar surface area (TPSA) is 76.5 Å². The van der Waals surface area contributed by atoms with Crippen molar-refractivity contribution in [3.8, 4) is 0 Å². The average Bonchev–Trinajstić information content (AvgIpc) is 3.17. The van der Waals surface area contributed by atoms with Crippen molar-refractivity contribution in [3.63, 3.8) is 0 Å². The largest absolute Gasteiger partial charge is 0.464 e. The Hall–Kier alpha value is -2.35. The van der Waals surface area contributed by atoms with Gasteiger partial charge >= 0.3 is 0 Å². The van der Waals surface area contributed by atoms with Gasteiger partial charge in [0, 0.05) is 24.0 Å². The standard InChI is InChI=1S/C17H21N5O2S/c1-10-6-7-13(24-10)9-21(4)15(23)8-14-11(2)18-16-19-17(25-5)20-22(16)12(14)3/h6-7H,8-9H2,1-5H3. The van der Waals surface area contributed by atoms with E-state index in [1.54, 1.807) is 16.5 Å². The van der Waals surface area contributed by atoms with E-state index >= 15 is 0 Å². The first-order chi connectivity index (χ1) is 11.9. The smallest absolute Gasteiger partial charge is 0.253 e. The van der Waals surface area contributed by atoms with Gasteiger partial charge in [0.1, 0.15) is 11.5 Å². The molecule has 0 N–H and O–H groups in total. The molecule has 3 heterocycles. The minimum Gasteiger partial charge on any atom is -0.464 e. The SMILES string of the molecule is CSc1nc2nc(C)c(CC(=O)N(C)Cc3ccc(C)o3)c(C)n2n1. The number of furan rings is 1. The number of carbonyl (C=O) groups is 1. The molecule has 0 aliphatic rings. The molecule has 0 unspecified atom stereocenters. The molecule has 0 atom stereocenters. The lowest BCUT2D eigenvalue weighted by molar-refractivity contribution is -0.129. The number of hydrogen-bond donors (Lipinski definition) is 0. The van der Waals surface area contributed by atoms with Crippen LogP contribution in [0, 0.1) is 20.8 Å². The molecule has 3 rings (SSSR count). The van der Waals surface area contributed by atoms with Crippen LogP contribution in [-0.4, -0.2) is 43.7 Å². The summed E-state index contributed by atoms with van der Waals surface area (Å²) in [7, 11) is 1.78. The van der Waals surface area contributed by atoms with Gasteiger partial charge in [-0.15, -0.1) is 5.10 Å². The van der Waals surface area contributed by atoms with Crippen molar-refractivity contribution in [2.24, 2.45) is 0 Å². The van der Waals surface area contributed by atoms with Crippen molar-refractivity contribution in [2.75, 3.05) is 13.3 Å². The Morgan fingerprint density at radius 3 is 2.68 bits per heavy atom. The quantitative estimate of drug-likeness (QED) is 0.652. The zero-order chi connectivity index (χ0) is 18.1. The second-order valence-corrected chi connectivity index (χ2v) is 6.78. The van der Waals surface area contributed by atoms with Gasteiger partial charge in [0.25, 0.3) is 5.78 Å². The monoisotopic (exact) mass is 359 g/mol. The number of fused-ring (bicyclic) bond motifs is 1. The Bertz CT molecular complexity index is 931. The molecule has 0 aliphatic carbocycles. The zero-order valence-corrected chi connectivity index (χ0v) is 15.8. The number of rotatable bonds is 5. The fourth-order valence-corrected chi connectivity index (χ4v) is 3.05. The van der Waals surface area contributed by atoms with Crippen molar-refractivity contribution in [1.82, 2.24) is 24.5 Å². The molecule has 8 heteroatoms. The molecule has 0 fully saturated rings. The molecule has 0 aromatic carbocycles. The minimum absolute atomic E-state index is 0.00612. The van der Waals surface area contributed by atoms with Crippen LogP contribution in [0.5, 0.6) is 0 Å². The van der Waals surface area contributed by atoms with E-state index in [9.17, 15) is 4.79 Å². The zero-order valence-electron chi connectivity index (χ0n) is 15.0. The van der Waals surface area contributed by atoms with Crippen molar-refractivity contribution < 1.29 is 9.21 Å². The van der Waals surface area contributed by atoms with Gasteiger partial charge in [-0.25, -0.2) is 9.50 Å². The van der Waals surface area contributed by atoms with Crippen LogP contribution in [-0.2, 0) is 17.8 Å². The molecule has 3 aromatic rings. The number of amides is 1. The van der Waals surface area contributed by atoms with Gasteiger partial charge in [0.05, 0.1) is 13.0 Å². The molecule has 132 valence electrons. The second kappa shape index (κ2) is 6.87. The van der Waals surface area contributed by atoms with E-state index in [-0.39, 0.29) is 12.3 Å². The lowest BCUT2D eigenvalue weighted by atomic mass is 10.1. The van der Waals surface area contributed by atoms with Crippen molar-refractivity contribution in [2.45, 2.75) is 38.9 Å². The number of nitrogens with zero attached hydrogens (tertiary/aromatic N) is 5. The van der Waals surface area contributed by atoms with E-state index in [0.717, 1.165) is 28.5 Å². The van der Waals surface area contributed by atoms with E-state index in [4.69, 9.17) is 4.42 Å². The molecule has 7 nitrogen and oxygen atoms in total. The summed E-state index contributed by atoms with van der Waals surface area (Å²) in [5.41, 5.74) is 2.59. The highest BCUT2D eigenvalue weighted by Gasteiger charge is 2.18. The van der Waals surface area contributed by atoms with Gasteiger partial charge < -0.3 is 9.32 Å². The van der Waals surface area contributed by atoms with E-state index in [2.05, 4.69) is 15.1 Å². The highest BCUT2D eigenvalue weighted by molar-refractivity contribution is 7.98. The van der Waals surface area contributed by atoms with Gasteiger partial charge in [-0.3, -0.25) is 4.79 Å². The average molecular weight is 359 g/mol. The van der Waals surface area contributed by atoms with Crippen LogP contribution in [0.2, 0.25) is 0 Å². The first kappa shape index (κ1) is 17.5. The lowest BCUT2D eigenvalue weighted by Gasteiger charge is -2.17. The van der Waals surface area contributed by atoms with E-state index < -0.39 is 0 Å². The maximum Gasteiger partial charge on any atom is 0.253 e. The Labute approximate surface area is 150 Å². The second-order valence-electron chi connectivity index (χ2n) is 6.01. The molecule has 3 aromatic heterocycles. The fourth-order valence-electron chi connectivity index (χ4n) is 2.71. The van der Waals surface area contributed by atoms with Gasteiger partial charge in [-0.2, -0.15) is 4.98 Å². The van der Waals surface area contributed by atoms with Crippen LogP contribution in [0.3, 0.4) is 0 Å². The normalized spacial score (nSPS) is 11.2. The van der Waals surface area contributed by atoms with Crippen LogP contribution in [0.4, 0.5) is 0 Å². The Balaban J connectivity index is 1.82. The number of likely N-dealkylation sites (N-methyl/N-ethyl adjacent to an activating group) is 1. The predicted octanol–water partition coefficient (Wildman–Crippen LogP) is 2.57. The lowest BCUT2D eigenvalue weighted by Crippen LogP contribution is -2.28. The van der Waals surface area contributed by atoms with Gasteiger partial charge in [0.15, 0.2) is 0 Å². The number of aryl methyl sites for hydroxylation is 3. The first-order valence-corrected chi connectivity index (χ1v) is 9.17. The summed E-state index contributed by atoms with van der Waals surface area (Å²) in [6.45, 7) is 6.18. The summed E-state index contributed by atoms with van der Waals surface area (Å²) in [6.07, 6.45) is 2.19. The van der Waals surface area contributed by atoms with Crippen LogP contribution in [0.1, 0.15) is 28.5 Å². The summed E-state index contributed by atoms with van der Waals surface area (Å²) in [5, 5.41) is 5.09. The summed E-state index contributed by atoms with van der Waals surface area (Å²) in [4.78, 5) is 23.1. The molecular formula is C17H21N5O2S. The fraction of sp³-hybridized carbons (Fsp3) is 0.412. The highest BCUT2D eigenvalue weighted by atomic mass is 32.2. The molecule has 0 saturated heterocycles. The molecule has 0 bridgehead atoms. The minimum atomic E-state index is 0.00612. The molecule has 0 spiro atoms. The van der Waals surface area contributed by atoms with Crippen LogP contribution in [0.15, 0.2) is 21.7 Å². The molecule has 25 heavy (non-hydrogen) atoms. The molecule has 0 aliphatic heterocycles. The van der Waals surface area contributed by atoms with Gasteiger partial charge in [0.2, 0.25) is 11.1 Å². The van der Waals surface area contributed by atoms with Crippen LogP contribution < -0.4 is 0 Å². The Morgan fingerprint density at radius 1 is 1.28 bits per heavy atom. The molecular weight excluding hydrogens is 338 g/mol. The third kappa shape index (κ3) is 3.53. The third-order valence-corrected chi connectivity index (χ3v) is 4.69. The first-order valence-electron chi connectivity index (χ1n) is 7.95. The number of aromatic nitrogens is 4. The molecule has 0 radical (unpaired) electrons. The number of hydrogen-bond acceptors (Lipinski definition) is 6. The number of thioether (sulfide) groups is 1. The van der Waals surface area contributed by atoms with E-state index in [1.165, 1.54) is 11.8 Å². The highest BCUT2D eigenvalue weighted by Crippen LogP contribution is 2.18. The summed E-state index contributed by atoms with van der Waals surface area (Å²) >= 11 is 1.47. The summed E-state index contributed by atoms with van der Waals surface area (Å²) in [6, 6.07) is 3.79. The van der Waals surface area contributed by atoms with Crippen LogP contribution >= 0.6 is 11.8 Å². The van der Waals surface area contributed by atoms with Crippen LogP contribution in [0.25, 0.3) is 5.78 Å². The van der Waals surface area contributed by atoms with Crippen molar-refractivity contribution in [3.05, 3.63) is 40.6 Å². The number of carbonyl (C=O) groups excluding carboxylic acids is 1. The Morgan fingerprint density at radius 2 is 2.04 bits per heavy atom. The van der Waals surface area contributed by atoms with Crippen molar-refractivity contribution >= 4 is 23.4 Å². The molecule has 1 amide bonds. The van der Waals surface area contributed by atoms with Crippen molar-refractivity contribution in [1.29, 1.82) is 0 Å². The maximum absolute atomic E-state index is 12.6. The predicted molar refractivity (Wildman–Crippen MR) is 95.7 cm³/mol. The van der Waals surface area contributed by atoms with E-state index in [1.807, 2.05) is 39.2 Å².